The zero-order valence-electron chi connectivity index (χ0n) is 14.1. The first kappa shape index (κ1) is 15.4. The molecule has 1 saturated carbocycles. The number of hydrogen-bond acceptors (Lipinski definition) is 4. The molecule has 0 spiro atoms. The number of carbonyl (C=O) groups excluding carboxylic acids is 1. The Morgan fingerprint density at radius 1 is 1.21 bits per heavy atom. The number of likely N-dealkylation sites (tertiary alicyclic amines) is 1. The highest BCUT2D eigenvalue weighted by atomic mass is 16.2. The van der Waals surface area contributed by atoms with Crippen molar-refractivity contribution in [3.05, 3.63) is 35.9 Å². The molecule has 3 aliphatic rings. The molecular weight excluding hydrogens is 302 g/mol. The lowest BCUT2D eigenvalue weighted by molar-refractivity contribution is 0.161. The third kappa shape index (κ3) is 3.23. The molecule has 128 valence electrons. The number of urea groups is 1. The van der Waals surface area contributed by atoms with Crippen molar-refractivity contribution in [2.75, 3.05) is 26.7 Å². The van der Waals surface area contributed by atoms with Gasteiger partial charge in [-0.25, -0.2) is 4.79 Å². The maximum atomic E-state index is 12.5. The number of nitrogens with zero attached hydrogens (tertiary/aromatic N) is 4. The van der Waals surface area contributed by atoms with E-state index in [2.05, 4.69) is 39.9 Å². The third-order valence-corrected chi connectivity index (χ3v) is 5.50. The van der Waals surface area contributed by atoms with E-state index >= 15 is 0 Å². The SMILES string of the molecule is CN1CC(C2CCN(C(=O)NC3CC3c3ccccc3)CC2)N=N1. The second kappa shape index (κ2) is 6.42. The molecule has 1 aromatic rings. The minimum atomic E-state index is 0.0991. The highest BCUT2D eigenvalue weighted by molar-refractivity contribution is 5.75. The molecule has 3 unspecified atom stereocenters. The molecule has 2 aliphatic heterocycles. The number of hydrogen-bond donors (Lipinski definition) is 1. The summed E-state index contributed by atoms with van der Waals surface area (Å²) in [4.78, 5) is 14.4. The van der Waals surface area contributed by atoms with E-state index in [0.717, 1.165) is 38.9 Å². The van der Waals surface area contributed by atoms with E-state index < -0.39 is 0 Å². The Kier molecular flexibility index (Phi) is 4.12. The van der Waals surface area contributed by atoms with Crippen molar-refractivity contribution in [2.24, 2.45) is 16.3 Å². The van der Waals surface area contributed by atoms with Crippen molar-refractivity contribution >= 4 is 6.03 Å². The summed E-state index contributed by atoms with van der Waals surface area (Å²) in [5.74, 6) is 1.04. The van der Waals surface area contributed by atoms with Crippen LogP contribution in [0, 0.1) is 5.92 Å². The van der Waals surface area contributed by atoms with E-state index in [1.807, 2.05) is 23.0 Å². The minimum Gasteiger partial charge on any atom is -0.335 e. The number of amides is 2. The summed E-state index contributed by atoms with van der Waals surface area (Å²) in [5.41, 5.74) is 1.33. The van der Waals surface area contributed by atoms with Crippen LogP contribution in [-0.2, 0) is 0 Å². The summed E-state index contributed by atoms with van der Waals surface area (Å²) in [6.07, 6.45) is 3.11. The highest BCUT2D eigenvalue weighted by Crippen LogP contribution is 2.40. The number of nitrogens with one attached hydrogen (secondary N) is 1. The van der Waals surface area contributed by atoms with Crippen molar-refractivity contribution in [1.82, 2.24) is 15.2 Å². The summed E-state index contributed by atoms with van der Waals surface area (Å²) < 4.78 is 0. The van der Waals surface area contributed by atoms with Gasteiger partial charge in [-0.1, -0.05) is 35.6 Å². The van der Waals surface area contributed by atoms with Crippen molar-refractivity contribution in [3.8, 4) is 0 Å². The quantitative estimate of drug-likeness (QED) is 0.928. The van der Waals surface area contributed by atoms with Crippen LogP contribution < -0.4 is 5.32 Å². The normalized spacial score (nSPS) is 29.8. The van der Waals surface area contributed by atoms with E-state index in [0.29, 0.717) is 23.9 Å². The molecule has 3 atom stereocenters. The van der Waals surface area contributed by atoms with Crippen LogP contribution in [0.3, 0.4) is 0 Å². The van der Waals surface area contributed by atoms with E-state index in [1.54, 1.807) is 0 Å². The van der Waals surface area contributed by atoms with Crippen LogP contribution in [0.2, 0.25) is 0 Å². The first-order valence-corrected chi connectivity index (χ1v) is 8.93. The van der Waals surface area contributed by atoms with E-state index in [9.17, 15) is 4.79 Å². The van der Waals surface area contributed by atoms with E-state index in [1.165, 1.54) is 5.56 Å². The van der Waals surface area contributed by atoms with Gasteiger partial charge in [-0.15, -0.1) is 0 Å². The molecule has 1 saturated heterocycles. The third-order valence-electron chi connectivity index (χ3n) is 5.50. The van der Waals surface area contributed by atoms with Crippen LogP contribution in [0.1, 0.15) is 30.7 Å². The summed E-state index contributed by atoms with van der Waals surface area (Å²) in [6.45, 7) is 2.57. The van der Waals surface area contributed by atoms with Crippen molar-refractivity contribution in [3.63, 3.8) is 0 Å². The molecule has 2 heterocycles. The standard InChI is InChI=1S/C18H25N5O/c1-22-12-17(20-21-22)14-7-9-23(10-8-14)18(24)19-16-11-15(16)13-5-3-2-4-6-13/h2-6,14-17H,7-12H2,1H3,(H,19,24). The van der Waals surface area contributed by atoms with Crippen molar-refractivity contribution in [2.45, 2.75) is 37.3 Å². The van der Waals surface area contributed by atoms with Gasteiger partial charge in [-0.05, 0) is 30.7 Å². The van der Waals surface area contributed by atoms with Crippen LogP contribution in [0.4, 0.5) is 4.79 Å². The van der Waals surface area contributed by atoms with Crippen LogP contribution in [0.25, 0.3) is 0 Å². The summed E-state index contributed by atoms with van der Waals surface area (Å²) in [7, 11) is 1.96. The molecule has 6 heteroatoms. The molecule has 0 radical (unpaired) electrons. The Labute approximate surface area is 142 Å². The Balaban J connectivity index is 1.23. The smallest absolute Gasteiger partial charge is 0.317 e. The van der Waals surface area contributed by atoms with Crippen LogP contribution in [-0.4, -0.2) is 54.7 Å². The second-order valence-electron chi connectivity index (χ2n) is 7.25. The second-order valence-corrected chi connectivity index (χ2v) is 7.25. The van der Waals surface area contributed by atoms with Gasteiger partial charge in [0, 0.05) is 32.1 Å². The molecule has 2 amide bonds. The summed E-state index contributed by atoms with van der Waals surface area (Å²) >= 11 is 0. The van der Waals surface area contributed by atoms with Gasteiger partial charge in [0.2, 0.25) is 0 Å². The zero-order valence-corrected chi connectivity index (χ0v) is 14.1. The highest BCUT2D eigenvalue weighted by Gasteiger charge is 2.40. The zero-order chi connectivity index (χ0) is 16.5. The summed E-state index contributed by atoms with van der Waals surface area (Å²) in [6, 6.07) is 11.2. The van der Waals surface area contributed by atoms with Crippen molar-refractivity contribution < 1.29 is 4.79 Å². The van der Waals surface area contributed by atoms with Gasteiger partial charge >= 0.3 is 6.03 Å². The number of benzene rings is 1. The fourth-order valence-corrected chi connectivity index (χ4v) is 3.90. The number of rotatable bonds is 3. The number of piperidine rings is 1. The molecule has 0 aromatic heterocycles. The fraction of sp³-hybridized carbons (Fsp3) is 0.611. The van der Waals surface area contributed by atoms with Gasteiger partial charge in [0.15, 0.2) is 0 Å². The minimum absolute atomic E-state index is 0.0991. The molecule has 1 aromatic carbocycles. The predicted octanol–water partition coefficient (Wildman–Crippen LogP) is 2.65. The first-order chi connectivity index (χ1) is 11.7. The lowest BCUT2D eigenvalue weighted by Crippen LogP contribution is -2.47. The first-order valence-electron chi connectivity index (χ1n) is 8.93. The molecule has 0 bridgehead atoms. The topological polar surface area (TPSA) is 60.3 Å². The van der Waals surface area contributed by atoms with Crippen LogP contribution >= 0.6 is 0 Å². The van der Waals surface area contributed by atoms with Gasteiger partial charge in [-0.3, -0.25) is 5.01 Å². The maximum Gasteiger partial charge on any atom is 0.317 e. The Hall–Kier alpha value is -2.11. The fourth-order valence-electron chi connectivity index (χ4n) is 3.90. The molecule has 1 aliphatic carbocycles. The van der Waals surface area contributed by atoms with Gasteiger partial charge in [-0.2, -0.15) is 5.11 Å². The lowest BCUT2D eigenvalue weighted by atomic mass is 9.90. The average molecular weight is 327 g/mol. The largest absolute Gasteiger partial charge is 0.335 e. The molecule has 4 rings (SSSR count). The van der Waals surface area contributed by atoms with Gasteiger partial charge in [0.1, 0.15) is 0 Å². The molecule has 1 N–H and O–H groups in total. The Bertz CT molecular complexity index is 611. The molecule has 2 fully saturated rings. The average Bonchev–Trinajstić information content (AvgIpc) is 3.25. The molecule has 6 nitrogen and oxygen atoms in total. The summed E-state index contributed by atoms with van der Waals surface area (Å²) in [5, 5.41) is 13.5. The van der Waals surface area contributed by atoms with Crippen LogP contribution in [0.15, 0.2) is 40.7 Å². The molecule has 24 heavy (non-hydrogen) atoms. The maximum absolute atomic E-state index is 12.5. The Morgan fingerprint density at radius 2 is 1.96 bits per heavy atom. The lowest BCUT2D eigenvalue weighted by Gasteiger charge is -2.33. The predicted molar refractivity (Wildman–Crippen MR) is 91.7 cm³/mol. The van der Waals surface area contributed by atoms with Gasteiger partial charge < -0.3 is 10.2 Å². The number of likely N-dealkylation sites (N-methyl/N-ethyl adjacent to an activating group) is 1. The molecular formula is C18H25N5O. The van der Waals surface area contributed by atoms with Crippen LogP contribution in [0.5, 0.6) is 0 Å². The Morgan fingerprint density at radius 3 is 2.62 bits per heavy atom. The number of carbonyl (C=O) groups is 1. The van der Waals surface area contributed by atoms with Gasteiger partial charge in [0.05, 0.1) is 12.6 Å². The van der Waals surface area contributed by atoms with Gasteiger partial charge in [0.25, 0.3) is 0 Å². The monoisotopic (exact) mass is 327 g/mol. The van der Waals surface area contributed by atoms with E-state index in [4.69, 9.17) is 0 Å². The van der Waals surface area contributed by atoms with E-state index in [-0.39, 0.29) is 6.03 Å². The van der Waals surface area contributed by atoms with Crippen molar-refractivity contribution in [1.29, 1.82) is 0 Å².